The summed E-state index contributed by atoms with van der Waals surface area (Å²) in [6.45, 7) is 4.45. The molecule has 3 heterocycles. The number of pyridine rings is 1. The third-order valence-electron chi connectivity index (χ3n) is 11.3. The van der Waals surface area contributed by atoms with Gasteiger partial charge in [0.15, 0.2) is 10.1 Å². The molecule has 0 unspecified atom stereocenters. The molecule has 0 atom stereocenters. The van der Waals surface area contributed by atoms with Gasteiger partial charge in [-0.3, -0.25) is 43.5 Å². The molecule has 0 bridgehead atoms. The minimum absolute atomic E-state index is 0. The van der Waals surface area contributed by atoms with Gasteiger partial charge in [-0.05, 0) is 79.2 Å². The van der Waals surface area contributed by atoms with Gasteiger partial charge in [0.05, 0.1) is 48.7 Å². The number of halogens is 5. The summed E-state index contributed by atoms with van der Waals surface area (Å²) < 4.78 is 79.7. The molecule has 1 aliphatic heterocycles. The smallest absolute Gasteiger partial charge is 0.741 e. The number of carboxylic acid groups (broad SMARTS) is 2. The summed E-state index contributed by atoms with van der Waals surface area (Å²) in [7, 11) is -4.55. The largest absolute Gasteiger partial charge is 3.00 e. The molecule has 19 nitrogen and oxygen atoms in total. The van der Waals surface area contributed by atoms with Crippen molar-refractivity contribution in [3.63, 3.8) is 0 Å². The van der Waals surface area contributed by atoms with Gasteiger partial charge in [0.25, 0.3) is 5.91 Å². The predicted octanol–water partition coefficient (Wildman–Crippen LogP) is 0.735. The molecule has 1 aliphatic rings. The van der Waals surface area contributed by atoms with Gasteiger partial charge in [-0.15, -0.1) is 0 Å². The van der Waals surface area contributed by atoms with E-state index in [2.05, 4.69) is 20.5 Å². The summed E-state index contributed by atoms with van der Waals surface area (Å²) in [4.78, 5) is 75.7. The first-order chi connectivity index (χ1) is 33.5. The van der Waals surface area contributed by atoms with Crippen molar-refractivity contribution in [2.24, 2.45) is 0 Å². The normalized spacial score (nSPS) is 14.8. The number of fused-ring (bicyclic) bond motifs is 2. The molecule has 2 N–H and O–H groups in total. The van der Waals surface area contributed by atoms with E-state index in [-0.39, 0.29) is 112 Å². The maximum absolute atomic E-state index is 13.7. The molecule has 0 spiro atoms. The molecule has 3 aromatic carbocycles. The fourth-order valence-electron chi connectivity index (χ4n) is 7.71. The summed E-state index contributed by atoms with van der Waals surface area (Å²) in [5, 5.41) is 31.0. The van der Waals surface area contributed by atoms with Crippen LogP contribution in [0.4, 0.5) is 17.6 Å². The Morgan fingerprint density at radius 2 is 1.28 bits per heavy atom. The van der Waals surface area contributed by atoms with Gasteiger partial charge < -0.3 is 39.7 Å². The summed E-state index contributed by atoms with van der Waals surface area (Å²) in [6.07, 6.45) is -0.0384. The average Bonchev–Trinajstić information content (AvgIpc) is 3.56. The fourth-order valence-corrected chi connectivity index (χ4v) is 7.84. The van der Waals surface area contributed by atoms with Crippen molar-refractivity contribution < 1.29 is 119 Å². The summed E-state index contributed by atoms with van der Waals surface area (Å²) in [6, 6.07) is 19.8. The minimum atomic E-state index is -6.09. The van der Waals surface area contributed by atoms with Crippen molar-refractivity contribution in [1.82, 2.24) is 39.8 Å². The number of aliphatic carboxylic acids is 2. The third kappa shape index (κ3) is 18.1. The molecule has 0 radical (unpaired) electrons. The van der Waals surface area contributed by atoms with Crippen LogP contribution in [0, 0.1) is 62.1 Å². The van der Waals surface area contributed by atoms with Crippen molar-refractivity contribution in [1.29, 1.82) is 0 Å². The van der Waals surface area contributed by atoms with Crippen molar-refractivity contribution >= 4 is 73.2 Å². The van der Waals surface area contributed by atoms with E-state index in [1.165, 1.54) is 19.2 Å². The summed E-state index contributed by atoms with van der Waals surface area (Å²) >= 11 is 6.05. The molecule has 72 heavy (non-hydrogen) atoms. The number of carboxylic acids is 2. The molecule has 1 saturated heterocycles. The van der Waals surface area contributed by atoms with Crippen molar-refractivity contribution in [3.8, 4) is 5.75 Å². The molecule has 0 aliphatic carbocycles. The topological polar surface area (TPSA) is 253 Å². The van der Waals surface area contributed by atoms with Gasteiger partial charge >= 0.3 is 54.9 Å². The Kier molecular flexibility index (Phi) is 22.9. The van der Waals surface area contributed by atoms with E-state index in [0.29, 0.717) is 108 Å². The van der Waals surface area contributed by atoms with E-state index >= 15 is 0 Å². The molecule has 388 valence electrons. The van der Waals surface area contributed by atoms with Gasteiger partial charge in [-0.2, -0.15) is 13.2 Å². The first-order valence-corrected chi connectivity index (χ1v) is 23.7. The van der Waals surface area contributed by atoms with Gasteiger partial charge in [0.1, 0.15) is 11.6 Å². The first-order valence-electron chi connectivity index (χ1n) is 21.9. The van der Waals surface area contributed by atoms with E-state index in [1.54, 1.807) is 82.0 Å². The Bertz CT molecular complexity index is 2790. The zero-order valence-corrected chi connectivity index (χ0v) is 42.9. The summed E-state index contributed by atoms with van der Waals surface area (Å²) in [5.74, 6) is -3.20. The number of amides is 2. The molecular formula is C46H50ClEuF4N8O11S. The summed E-state index contributed by atoms with van der Waals surface area (Å²) in [5.41, 5.74) is -2.00. The van der Waals surface area contributed by atoms with Gasteiger partial charge in [0.2, 0.25) is 11.8 Å². The fraction of sp³-hybridized carbons (Fsp3) is 0.391. The quantitative estimate of drug-likeness (QED) is 0.0635. The zero-order chi connectivity index (χ0) is 52.0. The monoisotopic (exact) mass is 1190 g/mol. The Morgan fingerprint density at radius 1 is 0.750 bits per heavy atom. The second-order valence-corrected chi connectivity index (χ2v) is 18.2. The number of hydrogen-bond donors (Lipinski definition) is 2. The van der Waals surface area contributed by atoms with Crippen molar-refractivity contribution in [2.75, 3.05) is 92.2 Å². The van der Waals surface area contributed by atoms with Crippen LogP contribution in [0.1, 0.15) is 27.3 Å². The van der Waals surface area contributed by atoms with Crippen LogP contribution in [0.2, 0.25) is 5.02 Å². The maximum Gasteiger partial charge on any atom is 3.00 e. The molecule has 0 saturated carbocycles. The minimum Gasteiger partial charge on any atom is -0.741 e. The van der Waals surface area contributed by atoms with Crippen LogP contribution < -0.4 is 25.6 Å². The van der Waals surface area contributed by atoms with Crippen LogP contribution in [0.25, 0.3) is 21.8 Å². The van der Waals surface area contributed by atoms with E-state index in [0.717, 1.165) is 5.69 Å². The van der Waals surface area contributed by atoms with Crippen molar-refractivity contribution in [3.05, 3.63) is 106 Å². The van der Waals surface area contributed by atoms with E-state index in [9.17, 15) is 51.7 Å². The Hall–Kier alpha value is -4.70. The number of carbonyl (C=O) groups excluding carboxylic acids is 5. The number of nitrogens with one attached hydrogen (secondary N) is 2. The molecule has 5 aromatic rings. The molecule has 2 amide bonds. The number of aromatic nitrogens is 2. The zero-order valence-electron chi connectivity index (χ0n) is 38.9. The van der Waals surface area contributed by atoms with E-state index < -0.39 is 27.6 Å². The van der Waals surface area contributed by atoms with Crippen molar-refractivity contribution in [2.45, 2.75) is 25.4 Å². The molecular weight excluding hydrogens is 1140 g/mol. The van der Waals surface area contributed by atoms with Crippen LogP contribution in [0.5, 0.6) is 5.75 Å². The number of carbonyl (C=O) groups is 5. The first kappa shape index (κ1) is 59.9. The van der Waals surface area contributed by atoms with Crippen LogP contribution in [0.15, 0.2) is 72.8 Å². The molecule has 26 heteroatoms. The number of methoxy groups -OCH3 is 1. The number of nitrogens with zero attached hydrogens (tertiary/aromatic N) is 6. The molecule has 1 fully saturated rings. The standard InChI is InChI=1S/C45H52ClFN8O8.CHF3O3S.Eu/c1-30-37(38-24-36(63-2)10-12-40(38)55(30)45(62)31-3-6-33(46)7-4-31)25-41(56)48-13-14-49-42(57)27-52-17-21-53(28-43(58)59)19-15-51(16-20-54(22-18-52)29-44(60)61)26-35-9-5-32-23-34(47)8-11-39(32)50-35;2-1(3,4)8(5,6)7;/h3-12,23-24H,13-22,25-29H2,1-2H3,(H,48,56)(H,49,57)(H,58,59)(H,60,61);(H,5,6,7);/q;;+3/p-3. The van der Waals surface area contributed by atoms with Crippen LogP contribution >= 0.6 is 11.6 Å². The SMILES string of the molecule is COc1ccc2c(c1)c(CC(=O)NCCNC(=O)CN1CCN(CC(=O)[O-])CCN(Cc3ccc4cc(F)ccc4n3)CCN(CC(=O)[O-])CC1)c(C)n2C(=O)c1ccc(Cl)cc1.O=S(=O)([O-])C(F)(F)F.[Eu+3]. The third-order valence-corrected chi connectivity index (χ3v) is 12.1. The predicted molar refractivity (Wildman–Crippen MR) is 246 cm³/mol. The second kappa shape index (κ2) is 27.6. The Morgan fingerprint density at radius 3 is 1.81 bits per heavy atom. The van der Waals surface area contributed by atoms with Crippen LogP contribution in [0.3, 0.4) is 0 Å². The van der Waals surface area contributed by atoms with E-state index in [1.807, 2.05) is 4.90 Å². The van der Waals surface area contributed by atoms with Gasteiger partial charge in [-0.25, -0.2) is 12.8 Å². The second-order valence-electron chi connectivity index (χ2n) is 16.4. The molecule has 6 rings (SSSR count). The van der Waals surface area contributed by atoms with E-state index in [4.69, 9.17) is 29.3 Å². The number of rotatable bonds is 15. The Labute approximate surface area is 457 Å². The average molecular weight is 1190 g/mol. The number of hydrogen-bond acceptors (Lipinski definition) is 16. The molecule has 2 aromatic heterocycles. The van der Waals surface area contributed by atoms with Gasteiger partial charge in [0, 0.05) is 112 Å². The van der Waals surface area contributed by atoms with Crippen LogP contribution in [-0.2, 0) is 42.3 Å². The number of benzene rings is 3. The van der Waals surface area contributed by atoms with Crippen LogP contribution in [-0.4, -0.2) is 169 Å². The maximum atomic E-state index is 13.7. The number of alkyl halides is 3. The van der Waals surface area contributed by atoms with Gasteiger partial charge in [-0.1, -0.05) is 17.7 Å². The number of ether oxygens (including phenoxy) is 1. The Balaban J connectivity index is 0.00000115.